The van der Waals surface area contributed by atoms with Crippen LogP contribution in [0.4, 0.5) is 0 Å². The lowest BCUT2D eigenvalue weighted by atomic mass is 9.91. The first kappa shape index (κ1) is 18.5. The van der Waals surface area contributed by atoms with E-state index in [1.807, 2.05) is 24.3 Å². The first-order chi connectivity index (χ1) is 12.2. The Balaban J connectivity index is 1.82. The van der Waals surface area contributed by atoms with Gasteiger partial charge in [0.05, 0.1) is 22.5 Å². The van der Waals surface area contributed by atoms with E-state index < -0.39 is 5.66 Å². The molecule has 0 saturated heterocycles. The molecule has 0 amide bonds. The van der Waals surface area contributed by atoms with Crippen LogP contribution < -0.4 is 16.4 Å². The zero-order valence-corrected chi connectivity index (χ0v) is 16.2. The highest BCUT2D eigenvalue weighted by Gasteiger charge is 2.37. The number of nitrogens with two attached hydrogens (primary N) is 1. The SMILES string of the molecule is CC(NC1=NC=C(Cl)C(N)(c2cc(C(C)(C)C)n[nH]2)N1)c1ccccc1. The van der Waals surface area contributed by atoms with E-state index in [1.54, 1.807) is 6.20 Å². The van der Waals surface area contributed by atoms with Crippen molar-refractivity contribution in [2.45, 2.75) is 44.8 Å². The third-order valence-corrected chi connectivity index (χ3v) is 4.82. The van der Waals surface area contributed by atoms with Crippen LogP contribution in [-0.4, -0.2) is 16.2 Å². The van der Waals surface area contributed by atoms with Crippen molar-refractivity contribution in [2.75, 3.05) is 0 Å². The molecule has 7 heteroatoms. The highest BCUT2D eigenvalue weighted by molar-refractivity contribution is 6.31. The second kappa shape index (κ2) is 6.78. The Hall–Kier alpha value is -2.31. The fourth-order valence-corrected chi connectivity index (χ4v) is 2.91. The normalized spacial score (nSPS) is 21.5. The van der Waals surface area contributed by atoms with E-state index in [-0.39, 0.29) is 11.5 Å². The number of hydrogen-bond acceptors (Lipinski definition) is 5. The number of aromatic amines is 1. The fraction of sp³-hybridized carbons (Fsp3) is 0.368. The van der Waals surface area contributed by atoms with Crippen LogP contribution in [0.2, 0.25) is 0 Å². The van der Waals surface area contributed by atoms with Crippen LogP contribution in [0.1, 0.15) is 50.7 Å². The molecular weight excluding hydrogens is 348 g/mol. The molecular formula is C19H25ClN6. The molecule has 0 aliphatic carbocycles. The van der Waals surface area contributed by atoms with Gasteiger partial charge in [-0.1, -0.05) is 62.7 Å². The minimum atomic E-state index is -1.11. The first-order valence-corrected chi connectivity index (χ1v) is 8.97. The van der Waals surface area contributed by atoms with E-state index in [2.05, 4.69) is 65.7 Å². The Morgan fingerprint density at radius 3 is 2.54 bits per heavy atom. The van der Waals surface area contributed by atoms with E-state index in [9.17, 15) is 0 Å². The molecule has 1 aromatic heterocycles. The van der Waals surface area contributed by atoms with Gasteiger partial charge in [0.15, 0.2) is 11.6 Å². The molecule has 0 bridgehead atoms. The van der Waals surface area contributed by atoms with Gasteiger partial charge >= 0.3 is 0 Å². The minimum Gasteiger partial charge on any atom is -0.350 e. The molecule has 138 valence electrons. The molecule has 0 fully saturated rings. The molecule has 0 radical (unpaired) electrons. The van der Waals surface area contributed by atoms with Gasteiger partial charge in [-0.2, -0.15) is 5.10 Å². The molecule has 1 aromatic carbocycles. The monoisotopic (exact) mass is 372 g/mol. The van der Waals surface area contributed by atoms with Gasteiger partial charge in [0.2, 0.25) is 0 Å². The molecule has 5 N–H and O–H groups in total. The smallest absolute Gasteiger partial charge is 0.198 e. The molecule has 0 spiro atoms. The van der Waals surface area contributed by atoms with E-state index in [4.69, 9.17) is 17.3 Å². The summed E-state index contributed by atoms with van der Waals surface area (Å²) in [6.45, 7) is 8.35. The molecule has 2 unspecified atom stereocenters. The van der Waals surface area contributed by atoms with E-state index in [1.165, 1.54) is 0 Å². The Kier molecular flexibility index (Phi) is 4.82. The van der Waals surface area contributed by atoms with Gasteiger partial charge in [-0.3, -0.25) is 10.8 Å². The Bertz CT molecular complexity index is 833. The lowest BCUT2D eigenvalue weighted by Gasteiger charge is -2.33. The predicted molar refractivity (Wildman–Crippen MR) is 106 cm³/mol. The Labute approximate surface area is 158 Å². The van der Waals surface area contributed by atoms with Crippen LogP contribution in [0.25, 0.3) is 0 Å². The van der Waals surface area contributed by atoms with Gasteiger partial charge in [-0.25, -0.2) is 4.99 Å². The predicted octanol–water partition coefficient (Wildman–Crippen LogP) is 3.21. The number of aromatic nitrogens is 2. The van der Waals surface area contributed by atoms with E-state index >= 15 is 0 Å². The fourth-order valence-electron chi connectivity index (χ4n) is 2.71. The molecule has 3 rings (SSSR count). The summed E-state index contributed by atoms with van der Waals surface area (Å²) in [4.78, 5) is 4.34. The second-order valence-electron chi connectivity index (χ2n) is 7.58. The lowest BCUT2D eigenvalue weighted by Crippen LogP contribution is -2.58. The van der Waals surface area contributed by atoms with Crippen LogP contribution in [0.15, 0.2) is 52.6 Å². The van der Waals surface area contributed by atoms with Gasteiger partial charge < -0.3 is 10.6 Å². The Morgan fingerprint density at radius 1 is 1.23 bits per heavy atom. The standard InChI is InChI=1S/C19H25ClN6/c1-12(13-8-6-5-7-9-13)23-17-22-11-14(20)19(21,24-17)16-10-15(25-26-16)18(2,3)4/h5-12H,21H2,1-4H3,(H,25,26)(H2,22,23,24). The zero-order valence-electron chi connectivity index (χ0n) is 15.5. The van der Waals surface area contributed by atoms with E-state index in [0.717, 1.165) is 11.3 Å². The second-order valence-corrected chi connectivity index (χ2v) is 7.99. The van der Waals surface area contributed by atoms with Crippen molar-refractivity contribution in [3.05, 3.63) is 64.6 Å². The Morgan fingerprint density at radius 2 is 1.92 bits per heavy atom. The number of nitrogens with zero attached hydrogens (tertiary/aromatic N) is 2. The van der Waals surface area contributed by atoms with Gasteiger partial charge in [0.25, 0.3) is 0 Å². The van der Waals surface area contributed by atoms with E-state index in [0.29, 0.717) is 16.7 Å². The van der Waals surface area contributed by atoms with Gasteiger partial charge in [-0.15, -0.1) is 0 Å². The third kappa shape index (κ3) is 3.61. The average Bonchev–Trinajstić information content (AvgIpc) is 3.10. The molecule has 2 aromatic rings. The minimum absolute atomic E-state index is 0.0591. The molecule has 26 heavy (non-hydrogen) atoms. The number of nitrogens with one attached hydrogen (secondary N) is 3. The molecule has 0 saturated carbocycles. The average molecular weight is 373 g/mol. The summed E-state index contributed by atoms with van der Waals surface area (Å²) in [5, 5.41) is 14.3. The number of aliphatic imine (C=N–C) groups is 1. The van der Waals surface area contributed by atoms with Crippen molar-refractivity contribution in [3.63, 3.8) is 0 Å². The van der Waals surface area contributed by atoms with Crippen LogP contribution in [-0.2, 0) is 11.1 Å². The van der Waals surface area contributed by atoms with Crippen molar-refractivity contribution in [3.8, 4) is 0 Å². The number of guanidine groups is 1. The highest BCUT2D eigenvalue weighted by Crippen LogP contribution is 2.31. The molecule has 1 aliphatic rings. The van der Waals surface area contributed by atoms with Gasteiger partial charge in [-0.05, 0) is 18.6 Å². The summed E-state index contributed by atoms with van der Waals surface area (Å²) in [6.07, 6.45) is 1.57. The quantitative estimate of drug-likeness (QED) is 0.665. The number of halogens is 1. The van der Waals surface area contributed by atoms with Crippen LogP contribution in [0.5, 0.6) is 0 Å². The number of rotatable bonds is 3. The largest absolute Gasteiger partial charge is 0.350 e. The summed E-state index contributed by atoms with van der Waals surface area (Å²) < 4.78 is 0. The van der Waals surface area contributed by atoms with Crippen molar-refractivity contribution in [1.82, 2.24) is 20.8 Å². The van der Waals surface area contributed by atoms with Crippen molar-refractivity contribution in [1.29, 1.82) is 0 Å². The molecule has 2 heterocycles. The zero-order chi connectivity index (χ0) is 18.9. The van der Waals surface area contributed by atoms with Crippen molar-refractivity contribution >= 4 is 17.6 Å². The molecule has 6 nitrogen and oxygen atoms in total. The molecule has 2 atom stereocenters. The topological polar surface area (TPSA) is 91.1 Å². The maximum Gasteiger partial charge on any atom is 0.198 e. The summed E-state index contributed by atoms with van der Waals surface area (Å²) in [7, 11) is 0. The van der Waals surface area contributed by atoms with Gasteiger partial charge in [0, 0.05) is 11.6 Å². The number of hydrogen-bond donors (Lipinski definition) is 4. The summed E-state index contributed by atoms with van der Waals surface area (Å²) in [6, 6.07) is 12.1. The summed E-state index contributed by atoms with van der Waals surface area (Å²) in [5.41, 5.74) is 8.13. The summed E-state index contributed by atoms with van der Waals surface area (Å²) >= 11 is 6.39. The molecule has 1 aliphatic heterocycles. The van der Waals surface area contributed by atoms with Crippen molar-refractivity contribution < 1.29 is 0 Å². The number of benzene rings is 1. The van der Waals surface area contributed by atoms with Crippen LogP contribution in [0.3, 0.4) is 0 Å². The number of H-pyrrole nitrogens is 1. The van der Waals surface area contributed by atoms with Crippen molar-refractivity contribution in [2.24, 2.45) is 10.7 Å². The first-order valence-electron chi connectivity index (χ1n) is 8.59. The maximum atomic E-state index is 6.58. The van der Waals surface area contributed by atoms with Crippen LogP contribution in [0, 0.1) is 0 Å². The third-order valence-electron chi connectivity index (χ3n) is 4.42. The maximum absolute atomic E-state index is 6.58. The van der Waals surface area contributed by atoms with Gasteiger partial charge in [0.1, 0.15) is 0 Å². The summed E-state index contributed by atoms with van der Waals surface area (Å²) in [5.74, 6) is 0.556. The lowest BCUT2D eigenvalue weighted by molar-refractivity contribution is 0.470. The van der Waals surface area contributed by atoms with Crippen LogP contribution >= 0.6 is 11.6 Å². The highest BCUT2D eigenvalue weighted by atomic mass is 35.5.